The van der Waals surface area contributed by atoms with E-state index in [9.17, 15) is 9.59 Å². The van der Waals surface area contributed by atoms with Gasteiger partial charge in [0.1, 0.15) is 5.75 Å². The number of benzene rings is 2. The lowest BCUT2D eigenvalue weighted by Crippen LogP contribution is -2.08. The lowest BCUT2D eigenvalue weighted by Gasteiger charge is -2.06. The van der Waals surface area contributed by atoms with Crippen LogP contribution < -0.4 is 4.74 Å². The zero-order valence-corrected chi connectivity index (χ0v) is 19.8. The van der Waals surface area contributed by atoms with Crippen molar-refractivity contribution in [2.24, 2.45) is 0 Å². The molecule has 0 aliphatic rings. The monoisotopic (exact) mass is 436 g/mol. The quantitative estimate of drug-likeness (QED) is 0.108. The van der Waals surface area contributed by atoms with Gasteiger partial charge < -0.3 is 4.74 Å². The second-order valence-corrected chi connectivity index (χ2v) is 8.69. The maximum absolute atomic E-state index is 12.4. The van der Waals surface area contributed by atoms with Crippen molar-refractivity contribution in [3.63, 3.8) is 0 Å². The van der Waals surface area contributed by atoms with E-state index >= 15 is 0 Å². The molecule has 2 aromatic carbocycles. The number of esters is 1. The molecule has 3 nitrogen and oxygen atoms in total. The zero-order valence-electron chi connectivity index (χ0n) is 19.8. The number of unbranched alkanes of at least 4 members (excludes halogenated alkanes) is 12. The Morgan fingerprint density at radius 1 is 0.594 bits per heavy atom. The van der Waals surface area contributed by atoms with Crippen molar-refractivity contribution in [2.45, 2.75) is 96.8 Å². The molecule has 0 aromatic heterocycles. The van der Waals surface area contributed by atoms with E-state index in [-0.39, 0.29) is 11.8 Å². The van der Waals surface area contributed by atoms with E-state index in [1.54, 1.807) is 36.4 Å². The third-order valence-electron chi connectivity index (χ3n) is 5.87. The summed E-state index contributed by atoms with van der Waals surface area (Å²) in [4.78, 5) is 24.5. The Bertz CT molecular complexity index is 765. The molecule has 0 amide bonds. The van der Waals surface area contributed by atoms with E-state index < -0.39 is 0 Å². The molecular weight excluding hydrogens is 396 g/mol. The fourth-order valence-corrected chi connectivity index (χ4v) is 3.90. The third-order valence-corrected chi connectivity index (χ3v) is 5.87. The van der Waals surface area contributed by atoms with Crippen LogP contribution >= 0.6 is 0 Å². The number of carbonyl (C=O) groups excluding carboxylic acids is 2. The van der Waals surface area contributed by atoms with E-state index in [4.69, 9.17) is 4.74 Å². The normalized spacial score (nSPS) is 10.8. The van der Waals surface area contributed by atoms with E-state index in [2.05, 4.69) is 6.92 Å². The predicted octanol–water partition coefficient (Wildman–Crippen LogP) is 8.30. The van der Waals surface area contributed by atoms with Crippen LogP contribution in [0.5, 0.6) is 5.75 Å². The standard InChI is InChI=1S/C29H40O3/c1-2-3-4-5-6-7-8-9-10-11-12-13-17-20-28(30)32-27-23-21-26(22-24-27)29(31)25-18-15-14-16-19-25/h14-16,18-19,21-24H,2-13,17,20H2,1H3. The van der Waals surface area contributed by atoms with Crippen LogP contribution in [0.1, 0.15) is 113 Å². The largest absolute Gasteiger partial charge is 0.427 e. The number of carbonyl (C=O) groups is 2. The van der Waals surface area contributed by atoms with Gasteiger partial charge in [-0.3, -0.25) is 9.59 Å². The number of hydrogen-bond donors (Lipinski definition) is 0. The number of rotatable bonds is 17. The van der Waals surface area contributed by atoms with Gasteiger partial charge in [0.15, 0.2) is 5.78 Å². The van der Waals surface area contributed by atoms with Crippen LogP contribution in [0.2, 0.25) is 0 Å². The first kappa shape index (κ1) is 25.8. The molecule has 174 valence electrons. The van der Waals surface area contributed by atoms with Crippen molar-refractivity contribution in [3.8, 4) is 5.75 Å². The molecule has 3 heteroatoms. The fourth-order valence-electron chi connectivity index (χ4n) is 3.90. The Morgan fingerprint density at radius 3 is 1.59 bits per heavy atom. The van der Waals surface area contributed by atoms with Crippen molar-refractivity contribution in [2.75, 3.05) is 0 Å². The van der Waals surface area contributed by atoms with E-state index in [0.717, 1.165) is 12.8 Å². The molecule has 0 atom stereocenters. The molecular formula is C29H40O3. The molecule has 0 saturated carbocycles. The molecule has 0 fully saturated rings. The molecule has 2 aromatic rings. The molecule has 2 rings (SSSR count). The molecule has 0 bridgehead atoms. The van der Waals surface area contributed by atoms with Gasteiger partial charge in [-0.05, 0) is 30.7 Å². The maximum atomic E-state index is 12.4. The van der Waals surface area contributed by atoms with Gasteiger partial charge in [-0.1, -0.05) is 114 Å². The van der Waals surface area contributed by atoms with Gasteiger partial charge in [0.25, 0.3) is 0 Å². The molecule has 0 heterocycles. The van der Waals surface area contributed by atoms with Gasteiger partial charge in [-0.25, -0.2) is 0 Å². The number of hydrogen-bond acceptors (Lipinski definition) is 3. The SMILES string of the molecule is CCCCCCCCCCCCCCCC(=O)Oc1ccc(C(=O)c2ccccc2)cc1. The summed E-state index contributed by atoms with van der Waals surface area (Å²) in [5.41, 5.74) is 1.24. The first-order valence-corrected chi connectivity index (χ1v) is 12.6. The minimum Gasteiger partial charge on any atom is -0.427 e. The van der Waals surface area contributed by atoms with Crippen LogP contribution in [0.3, 0.4) is 0 Å². The minimum atomic E-state index is -0.199. The smallest absolute Gasteiger partial charge is 0.311 e. The number of ether oxygens (including phenoxy) is 1. The van der Waals surface area contributed by atoms with Gasteiger partial charge >= 0.3 is 5.97 Å². The summed E-state index contributed by atoms with van der Waals surface area (Å²) in [5.74, 6) is 0.264. The van der Waals surface area contributed by atoms with E-state index in [1.807, 2.05) is 18.2 Å². The Balaban J connectivity index is 1.50. The summed E-state index contributed by atoms with van der Waals surface area (Å²) in [6.45, 7) is 2.26. The Morgan fingerprint density at radius 2 is 1.06 bits per heavy atom. The average molecular weight is 437 g/mol. The second-order valence-electron chi connectivity index (χ2n) is 8.69. The summed E-state index contributed by atoms with van der Waals surface area (Å²) in [7, 11) is 0. The highest BCUT2D eigenvalue weighted by Gasteiger charge is 2.10. The third kappa shape index (κ3) is 10.7. The highest BCUT2D eigenvalue weighted by molar-refractivity contribution is 6.09. The van der Waals surface area contributed by atoms with Crippen molar-refractivity contribution in [1.82, 2.24) is 0 Å². The van der Waals surface area contributed by atoms with Crippen LogP contribution in [0, 0.1) is 0 Å². The minimum absolute atomic E-state index is 0.0320. The van der Waals surface area contributed by atoms with Crippen LogP contribution in [0.15, 0.2) is 54.6 Å². The van der Waals surface area contributed by atoms with Crippen molar-refractivity contribution < 1.29 is 14.3 Å². The Kier molecular flexibility index (Phi) is 13.1. The van der Waals surface area contributed by atoms with Crippen LogP contribution in [0.25, 0.3) is 0 Å². The van der Waals surface area contributed by atoms with Gasteiger partial charge in [0.05, 0.1) is 0 Å². The molecule has 0 N–H and O–H groups in total. The first-order valence-electron chi connectivity index (χ1n) is 12.6. The molecule has 0 saturated heterocycles. The average Bonchev–Trinajstić information content (AvgIpc) is 2.82. The second kappa shape index (κ2) is 16.2. The lowest BCUT2D eigenvalue weighted by atomic mass is 10.0. The van der Waals surface area contributed by atoms with Crippen molar-refractivity contribution >= 4 is 11.8 Å². The van der Waals surface area contributed by atoms with Crippen LogP contribution in [-0.4, -0.2) is 11.8 Å². The molecule has 0 spiro atoms. The predicted molar refractivity (Wildman–Crippen MR) is 132 cm³/mol. The number of ketones is 1. The molecule has 0 unspecified atom stereocenters. The summed E-state index contributed by atoms with van der Waals surface area (Å²) in [5, 5.41) is 0. The Labute approximate surface area is 194 Å². The Hall–Kier alpha value is -2.42. The highest BCUT2D eigenvalue weighted by atomic mass is 16.5. The molecule has 0 radical (unpaired) electrons. The topological polar surface area (TPSA) is 43.4 Å². The summed E-state index contributed by atoms with van der Waals surface area (Å²) in [6.07, 6.45) is 17.2. The van der Waals surface area contributed by atoms with E-state index in [0.29, 0.717) is 23.3 Å². The maximum Gasteiger partial charge on any atom is 0.311 e. The van der Waals surface area contributed by atoms with E-state index in [1.165, 1.54) is 70.6 Å². The molecule has 0 aliphatic heterocycles. The van der Waals surface area contributed by atoms with Gasteiger partial charge in [-0.15, -0.1) is 0 Å². The molecule has 0 aliphatic carbocycles. The van der Waals surface area contributed by atoms with Crippen molar-refractivity contribution in [3.05, 3.63) is 65.7 Å². The van der Waals surface area contributed by atoms with Crippen LogP contribution in [0.4, 0.5) is 0 Å². The lowest BCUT2D eigenvalue weighted by molar-refractivity contribution is -0.134. The summed E-state index contributed by atoms with van der Waals surface area (Å²) >= 11 is 0. The fraction of sp³-hybridized carbons (Fsp3) is 0.517. The summed E-state index contributed by atoms with van der Waals surface area (Å²) < 4.78 is 5.41. The summed E-state index contributed by atoms with van der Waals surface area (Å²) in [6, 6.07) is 16.0. The van der Waals surface area contributed by atoms with Gasteiger partial charge in [0, 0.05) is 17.5 Å². The highest BCUT2D eigenvalue weighted by Crippen LogP contribution is 2.17. The first-order chi connectivity index (χ1) is 15.7. The zero-order chi connectivity index (χ0) is 22.9. The van der Waals surface area contributed by atoms with Gasteiger partial charge in [-0.2, -0.15) is 0 Å². The van der Waals surface area contributed by atoms with Gasteiger partial charge in [0.2, 0.25) is 0 Å². The van der Waals surface area contributed by atoms with Crippen molar-refractivity contribution in [1.29, 1.82) is 0 Å². The van der Waals surface area contributed by atoms with Crippen LogP contribution in [-0.2, 0) is 4.79 Å². The molecule has 32 heavy (non-hydrogen) atoms.